The third kappa shape index (κ3) is 3.72. The van der Waals surface area contributed by atoms with Crippen molar-refractivity contribution >= 4 is 5.57 Å². The summed E-state index contributed by atoms with van der Waals surface area (Å²) in [5.41, 5.74) is 3.49. The summed E-state index contributed by atoms with van der Waals surface area (Å²) in [6, 6.07) is 16.6. The first-order valence-electron chi connectivity index (χ1n) is 9.29. The van der Waals surface area contributed by atoms with Gasteiger partial charge < -0.3 is 9.47 Å². The van der Waals surface area contributed by atoms with Crippen molar-refractivity contribution in [1.82, 2.24) is 4.90 Å². The molecule has 2 aromatic carbocycles. The monoisotopic (exact) mass is 335 g/mol. The van der Waals surface area contributed by atoms with Crippen LogP contribution in [0, 0.1) is 0 Å². The van der Waals surface area contributed by atoms with Gasteiger partial charge in [0.25, 0.3) is 0 Å². The Bertz CT molecular complexity index is 747. The van der Waals surface area contributed by atoms with E-state index in [0.29, 0.717) is 6.61 Å². The summed E-state index contributed by atoms with van der Waals surface area (Å²) in [5, 5.41) is 0. The van der Waals surface area contributed by atoms with Crippen LogP contribution in [0.15, 0.2) is 54.6 Å². The smallest absolute Gasteiger partial charge is 0.127 e. The van der Waals surface area contributed by atoms with E-state index in [0.717, 1.165) is 35.8 Å². The van der Waals surface area contributed by atoms with Gasteiger partial charge in [-0.05, 0) is 49.7 Å². The molecule has 2 aliphatic heterocycles. The van der Waals surface area contributed by atoms with Crippen LogP contribution in [0.2, 0.25) is 0 Å². The molecule has 2 heterocycles. The molecule has 0 spiro atoms. The Morgan fingerprint density at radius 2 is 1.64 bits per heavy atom. The van der Waals surface area contributed by atoms with Crippen molar-refractivity contribution in [3.63, 3.8) is 0 Å². The van der Waals surface area contributed by atoms with Crippen LogP contribution in [0.4, 0.5) is 0 Å². The zero-order valence-corrected chi connectivity index (χ0v) is 14.6. The summed E-state index contributed by atoms with van der Waals surface area (Å²) < 4.78 is 11.9. The van der Waals surface area contributed by atoms with Crippen LogP contribution < -0.4 is 9.47 Å². The zero-order valence-electron chi connectivity index (χ0n) is 14.6. The third-order valence-corrected chi connectivity index (χ3v) is 4.99. The molecule has 2 aliphatic rings. The molecule has 0 aromatic heterocycles. The molecule has 0 bridgehead atoms. The van der Waals surface area contributed by atoms with Crippen LogP contribution in [0.3, 0.4) is 0 Å². The zero-order chi connectivity index (χ0) is 16.9. The second-order valence-electron chi connectivity index (χ2n) is 6.67. The number of fused-ring (bicyclic) bond motifs is 1. The highest BCUT2D eigenvalue weighted by Gasteiger charge is 2.18. The molecule has 0 unspecified atom stereocenters. The van der Waals surface area contributed by atoms with E-state index in [1.165, 1.54) is 37.9 Å². The predicted molar refractivity (Wildman–Crippen MR) is 101 cm³/mol. The van der Waals surface area contributed by atoms with E-state index in [4.69, 9.17) is 9.47 Å². The molecular formula is C22H25NO2. The summed E-state index contributed by atoms with van der Waals surface area (Å²) in [5.74, 6) is 1.91. The molecule has 1 fully saturated rings. The highest BCUT2D eigenvalue weighted by molar-refractivity contribution is 5.86. The fraction of sp³-hybridized carbons (Fsp3) is 0.364. The van der Waals surface area contributed by atoms with Gasteiger partial charge in [0, 0.05) is 17.7 Å². The maximum atomic E-state index is 6.18. The molecule has 0 amide bonds. The lowest BCUT2D eigenvalue weighted by Gasteiger charge is -2.26. The lowest BCUT2D eigenvalue weighted by atomic mass is 9.95. The Kier molecular flexibility index (Phi) is 5.03. The SMILES string of the molecule is C1=C(c2ccccc2OCCN2CCCCC2)c2ccccc2OC1. The highest BCUT2D eigenvalue weighted by atomic mass is 16.5. The van der Waals surface area contributed by atoms with Gasteiger partial charge in [-0.2, -0.15) is 0 Å². The Morgan fingerprint density at radius 3 is 2.52 bits per heavy atom. The molecule has 3 nitrogen and oxygen atoms in total. The Labute approximate surface area is 149 Å². The number of nitrogens with zero attached hydrogens (tertiary/aromatic N) is 1. The van der Waals surface area contributed by atoms with E-state index in [1.54, 1.807) is 0 Å². The predicted octanol–water partition coefficient (Wildman–Crippen LogP) is 4.38. The van der Waals surface area contributed by atoms with Crippen molar-refractivity contribution in [1.29, 1.82) is 0 Å². The van der Waals surface area contributed by atoms with Gasteiger partial charge >= 0.3 is 0 Å². The van der Waals surface area contributed by atoms with E-state index >= 15 is 0 Å². The minimum absolute atomic E-state index is 0.606. The van der Waals surface area contributed by atoms with Crippen LogP contribution in [0.5, 0.6) is 11.5 Å². The topological polar surface area (TPSA) is 21.7 Å². The Morgan fingerprint density at radius 1 is 0.880 bits per heavy atom. The first-order chi connectivity index (χ1) is 12.4. The molecule has 25 heavy (non-hydrogen) atoms. The number of rotatable bonds is 5. The normalized spacial score (nSPS) is 17.4. The van der Waals surface area contributed by atoms with Crippen LogP contribution in [-0.2, 0) is 0 Å². The number of hydrogen-bond donors (Lipinski definition) is 0. The number of ether oxygens (including phenoxy) is 2. The molecule has 0 aliphatic carbocycles. The van der Waals surface area contributed by atoms with Crippen LogP contribution in [0.1, 0.15) is 30.4 Å². The largest absolute Gasteiger partial charge is 0.492 e. The average molecular weight is 335 g/mol. The average Bonchev–Trinajstić information content (AvgIpc) is 2.69. The lowest BCUT2D eigenvalue weighted by Crippen LogP contribution is -2.33. The van der Waals surface area contributed by atoms with Crippen molar-refractivity contribution in [3.05, 3.63) is 65.7 Å². The fourth-order valence-corrected chi connectivity index (χ4v) is 3.68. The number of para-hydroxylation sites is 2. The van der Waals surface area contributed by atoms with E-state index < -0.39 is 0 Å². The molecule has 130 valence electrons. The molecule has 4 rings (SSSR count). The third-order valence-electron chi connectivity index (χ3n) is 4.99. The van der Waals surface area contributed by atoms with Crippen molar-refractivity contribution in [2.24, 2.45) is 0 Å². The Balaban J connectivity index is 1.50. The standard InChI is InChI=1S/C22H25NO2/c1-6-13-23(14-7-1)15-17-25-22-11-5-3-9-20(22)18-12-16-24-21-10-4-2-8-19(18)21/h2-5,8-12H,1,6-7,13-17H2. The lowest BCUT2D eigenvalue weighted by molar-refractivity contribution is 0.183. The van der Waals surface area contributed by atoms with Gasteiger partial charge in [-0.15, -0.1) is 0 Å². The summed E-state index contributed by atoms with van der Waals surface area (Å²) in [7, 11) is 0. The molecule has 0 N–H and O–H groups in total. The minimum Gasteiger partial charge on any atom is -0.492 e. The second kappa shape index (κ2) is 7.75. The first-order valence-corrected chi connectivity index (χ1v) is 9.29. The molecule has 1 saturated heterocycles. The molecular weight excluding hydrogens is 310 g/mol. The summed E-state index contributed by atoms with van der Waals surface area (Å²) >= 11 is 0. The van der Waals surface area contributed by atoms with Crippen LogP contribution in [-0.4, -0.2) is 37.7 Å². The van der Waals surface area contributed by atoms with E-state index in [2.05, 4.69) is 41.3 Å². The van der Waals surface area contributed by atoms with Crippen molar-refractivity contribution in [3.8, 4) is 11.5 Å². The van der Waals surface area contributed by atoms with E-state index in [-0.39, 0.29) is 0 Å². The summed E-state index contributed by atoms with van der Waals surface area (Å²) in [6.07, 6.45) is 6.16. The van der Waals surface area contributed by atoms with Gasteiger partial charge in [0.05, 0.1) is 0 Å². The molecule has 2 aromatic rings. The van der Waals surface area contributed by atoms with Gasteiger partial charge in [-0.1, -0.05) is 42.8 Å². The van der Waals surface area contributed by atoms with Crippen molar-refractivity contribution in [2.75, 3.05) is 32.8 Å². The maximum Gasteiger partial charge on any atom is 0.127 e. The van der Waals surface area contributed by atoms with Gasteiger partial charge in [0.1, 0.15) is 24.7 Å². The van der Waals surface area contributed by atoms with Crippen molar-refractivity contribution in [2.45, 2.75) is 19.3 Å². The minimum atomic E-state index is 0.606. The highest BCUT2D eigenvalue weighted by Crippen LogP contribution is 2.37. The fourth-order valence-electron chi connectivity index (χ4n) is 3.68. The first kappa shape index (κ1) is 16.2. The molecule has 0 radical (unpaired) electrons. The van der Waals surface area contributed by atoms with Crippen LogP contribution in [0.25, 0.3) is 5.57 Å². The Hall–Kier alpha value is -2.26. The number of likely N-dealkylation sites (tertiary alicyclic amines) is 1. The van der Waals surface area contributed by atoms with Gasteiger partial charge in [0.15, 0.2) is 0 Å². The van der Waals surface area contributed by atoms with Crippen molar-refractivity contribution < 1.29 is 9.47 Å². The van der Waals surface area contributed by atoms with Gasteiger partial charge in [-0.25, -0.2) is 0 Å². The summed E-state index contributed by atoms with van der Waals surface area (Å²) in [6.45, 7) is 4.77. The number of benzene rings is 2. The summed E-state index contributed by atoms with van der Waals surface area (Å²) in [4.78, 5) is 2.51. The van der Waals surface area contributed by atoms with E-state index in [1.807, 2.05) is 18.2 Å². The van der Waals surface area contributed by atoms with Gasteiger partial charge in [-0.3, -0.25) is 4.90 Å². The maximum absolute atomic E-state index is 6.18. The molecule has 0 atom stereocenters. The second-order valence-corrected chi connectivity index (χ2v) is 6.67. The molecule has 0 saturated carbocycles. The van der Waals surface area contributed by atoms with Gasteiger partial charge in [0.2, 0.25) is 0 Å². The molecule has 3 heteroatoms. The number of hydrogen-bond acceptors (Lipinski definition) is 3. The quantitative estimate of drug-likeness (QED) is 0.809. The van der Waals surface area contributed by atoms with Crippen LogP contribution >= 0.6 is 0 Å². The number of piperidine rings is 1. The van der Waals surface area contributed by atoms with E-state index in [9.17, 15) is 0 Å².